The third-order valence-electron chi connectivity index (χ3n) is 6.01. The molecule has 0 fully saturated rings. The highest BCUT2D eigenvalue weighted by atomic mass is 31.2. The SMILES string of the molecule is CCCCCCCCCCC(=O)OC[C@H](COP(=O)(O)OCC[N+](C)(C)C)O[C@H](O)CCCCCCC. The first-order valence-corrected chi connectivity index (χ1v) is 15.9. The summed E-state index contributed by atoms with van der Waals surface area (Å²) in [6, 6.07) is 0. The van der Waals surface area contributed by atoms with Crippen molar-refractivity contribution in [1.82, 2.24) is 0 Å². The number of phosphoric ester groups is 1. The molecule has 0 aromatic carbocycles. The molecule has 3 atom stereocenters. The summed E-state index contributed by atoms with van der Waals surface area (Å²) in [5, 5.41) is 10.3. The largest absolute Gasteiger partial charge is 0.472 e. The molecule has 0 saturated heterocycles. The van der Waals surface area contributed by atoms with Gasteiger partial charge in [-0.05, 0) is 19.3 Å². The van der Waals surface area contributed by atoms with E-state index >= 15 is 0 Å². The van der Waals surface area contributed by atoms with Crippen LogP contribution in [-0.2, 0) is 27.9 Å². The number of carbonyl (C=O) groups is 1. The first-order valence-electron chi connectivity index (χ1n) is 14.4. The van der Waals surface area contributed by atoms with Crippen molar-refractivity contribution in [3.63, 3.8) is 0 Å². The van der Waals surface area contributed by atoms with Gasteiger partial charge in [0.1, 0.15) is 25.9 Å². The van der Waals surface area contributed by atoms with Crippen molar-refractivity contribution < 1.29 is 42.4 Å². The second-order valence-electron chi connectivity index (χ2n) is 10.9. The van der Waals surface area contributed by atoms with E-state index in [-0.39, 0.29) is 25.8 Å². The second kappa shape index (κ2) is 22.3. The fraction of sp³-hybridized carbons (Fsp3) is 0.963. The minimum Gasteiger partial charge on any atom is -0.463 e. The van der Waals surface area contributed by atoms with E-state index < -0.39 is 20.2 Å². The highest BCUT2D eigenvalue weighted by Crippen LogP contribution is 2.43. The van der Waals surface area contributed by atoms with Gasteiger partial charge in [0.25, 0.3) is 0 Å². The van der Waals surface area contributed by atoms with Crippen LogP contribution in [0.3, 0.4) is 0 Å². The summed E-state index contributed by atoms with van der Waals surface area (Å²) in [6.45, 7) is 4.42. The highest BCUT2D eigenvalue weighted by Gasteiger charge is 2.26. The molecule has 0 bridgehead atoms. The van der Waals surface area contributed by atoms with Gasteiger partial charge in [-0.1, -0.05) is 84.5 Å². The third kappa shape index (κ3) is 25.5. The summed E-state index contributed by atoms with van der Waals surface area (Å²) in [7, 11) is 1.53. The van der Waals surface area contributed by atoms with E-state index in [4.69, 9.17) is 18.5 Å². The summed E-state index contributed by atoms with van der Waals surface area (Å²) in [4.78, 5) is 22.2. The van der Waals surface area contributed by atoms with Crippen molar-refractivity contribution >= 4 is 13.8 Å². The average Bonchev–Trinajstić information content (AvgIpc) is 2.81. The second-order valence-corrected chi connectivity index (χ2v) is 12.4. The van der Waals surface area contributed by atoms with Crippen LogP contribution in [0.2, 0.25) is 0 Å². The molecule has 0 aliphatic rings. The minimum atomic E-state index is -4.31. The Labute approximate surface area is 226 Å². The van der Waals surface area contributed by atoms with Crippen molar-refractivity contribution in [2.24, 2.45) is 0 Å². The molecule has 0 rings (SSSR count). The lowest BCUT2D eigenvalue weighted by Crippen LogP contribution is -2.37. The number of hydrogen-bond acceptors (Lipinski definition) is 7. The molecule has 0 aliphatic carbocycles. The van der Waals surface area contributed by atoms with Gasteiger partial charge >= 0.3 is 13.8 Å². The van der Waals surface area contributed by atoms with Crippen molar-refractivity contribution in [3.8, 4) is 0 Å². The molecule has 2 N–H and O–H groups in total. The number of ether oxygens (including phenoxy) is 2. The van der Waals surface area contributed by atoms with Crippen molar-refractivity contribution in [3.05, 3.63) is 0 Å². The Hall–Kier alpha value is -0.540. The summed E-state index contributed by atoms with van der Waals surface area (Å²) in [5.74, 6) is -0.347. The normalized spacial score (nSPS) is 15.3. The number of likely N-dealkylation sites (N-methyl/N-ethyl adjacent to an activating group) is 1. The van der Waals surface area contributed by atoms with Gasteiger partial charge < -0.3 is 24.0 Å². The Balaban J connectivity index is 4.53. The van der Waals surface area contributed by atoms with E-state index in [1.165, 1.54) is 32.1 Å². The predicted octanol–water partition coefficient (Wildman–Crippen LogP) is 5.96. The van der Waals surface area contributed by atoms with Crippen LogP contribution in [0, 0.1) is 0 Å². The Morgan fingerprint density at radius 2 is 1.35 bits per heavy atom. The topological polar surface area (TPSA) is 112 Å². The third-order valence-corrected chi connectivity index (χ3v) is 6.99. The molecular weight excluding hydrogens is 497 g/mol. The zero-order valence-electron chi connectivity index (χ0n) is 24.3. The maximum Gasteiger partial charge on any atom is 0.472 e. The van der Waals surface area contributed by atoms with Gasteiger partial charge in [0.05, 0.1) is 27.7 Å². The molecule has 0 amide bonds. The van der Waals surface area contributed by atoms with Crippen molar-refractivity contribution in [1.29, 1.82) is 0 Å². The van der Waals surface area contributed by atoms with Gasteiger partial charge in [-0.3, -0.25) is 13.8 Å². The molecule has 10 heteroatoms. The van der Waals surface area contributed by atoms with E-state index in [1.54, 1.807) is 0 Å². The maximum atomic E-state index is 12.3. The Morgan fingerprint density at radius 1 is 0.811 bits per heavy atom. The minimum absolute atomic E-state index is 0.0524. The van der Waals surface area contributed by atoms with Crippen LogP contribution in [0.25, 0.3) is 0 Å². The van der Waals surface area contributed by atoms with Gasteiger partial charge in [0.15, 0.2) is 6.29 Å². The maximum absolute atomic E-state index is 12.3. The van der Waals surface area contributed by atoms with Crippen LogP contribution in [-0.4, -0.2) is 80.4 Å². The van der Waals surface area contributed by atoms with E-state index in [9.17, 15) is 19.4 Å². The molecule has 9 nitrogen and oxygen atoms in total. The number of nitrogens with zero attached hydrogens (tertiary/aromatic N) is 1. The van der Waals surface area contributed by atoms with Crippen molar-refractivity contribution in [2.75, 3.05) is 47.5 Å². The van der Waals surface area contributed by atoms with Crippen LogP contribution in [0.1, 0.15) is 110 Å². The van der Waals surface area contributed by atoms with Gasteiger partial charge in [0.2, 0.25) is 0 Å². The number of phosphoric acid groups is 1. The lowest BCUT2D eigenvalue weighted by molar-refractivity contribution is -0.870. The Kier molecular flexibility index (Phi) is 22.0. The molecule has 0 aromatic heterocycles. The Morgan fingerprint density at radius 3 is 1.92 bits per heavy atom. The van der Waals surface area contributed by atoms with E-state index in [0.29, 0.717) is 23.9 Å². The van der Waals surface area contributed by atoms with Gasteiger partial charge in [-0.15, -0.1) is 0 Å². The first-order chi connectivity index (χ1) is 17.5. The smallest absolute Gasteiger partial charge is 0.463 e. The molecular formula is C27H57NO8P+. The van der Waals surface area contributed by atoms with Crippen LogP contribution in [0.5, 0.6) is 0 Å². The van der Waals surface area contributed by atoms with Crippen LogP contribution >= 0.6 is 7.82 Å². The van der Waals surface area contributed by atoms with Gasteiger partial charge in [-0.2, -0.15) is 0 Å². The number of hydrogen-bond donors (Lipinski definition) is 2. The molecule has 1 unspecified atom stereocenters. The van der Waals surface area contributed by atoms with Crippen LogP contribution in [0.15, 0.2) is 0 Å². The quantitative estimate of drug-likeness (QED) is 0.0443. The number of aliphatic hydroxyl groups is 1. The van der Waals surface area contributed by atoms with Crippen LogP contribution in [0.4, 0.5) is 0 Å². The van der Waals surface area contributed by atoms with Gasteiger partial charge in [0, 0.05) is 6.42 Å². The molecule has 37 heavy (non-hydrogen) atoms. The summed E-state index contributed by atoms with van der Waals surface area (Å²) >= 11 is 0. The van der Waals surface area contributed by atoms with E-state index in [0.717, 1.165) is 51.4 Å². The van der Waals surface area contributed by atoms with Crippen LogP contribution < -0.4 is 0 Å². The fourth-order valence-electron chi connectivity index (χ4n) is 3.65. The molecule has 0 aliphatic heterocycles. The monoisotopic (exact) mass is 554 g/mol. The summed E-state index contributed by atoms with van der Waals surface area (Å²) in [5.41, 5.74) is 0. The molecule has 0 spiro atoms. The van der Waals surface area contributed by atoms with Gasteiger partial charge in [-0.25, -0.2) is 4.57 Å². The summed E-state index contributed by atoms with van der Waals surface area (Å²) < 4.78 is 33.9. The molecule has 0 heterocycles. The highest BCUT2D eigenvalue weighted by molar-refractivity contribution is 7.47. The molecule has 222 valence electrons. The standard InChI is InChI=1S/C27H56NO8P/c1-6-8-10-12-13-14-16-17-19-26(29)33-23-25(36-27(30)20-18-15-11-9-7-2)24-35-37(31,32)34-22-21-28(3,4)5/h25,27,30H,6-24H2,1-5H3/p+1/t25-,27+/m1/s1. The average molecular weight is 555 g/mol. The van der Waals surface area contributed by atoms with Crippen molar-refractivity contribution in [2.45, 2.75) is 123 Å². The Bertz CT molecular complexity index is 599. The molecule has 0 saturated carbocycles. The zero-order chi connectivity index (χ0) is 28.0. The molecule has 0 radical (unpaired) electrons. The zero-order valence-corrected chi connectivity index (χ0v) is 25.2. The number of unbranched alkanes of at least 4 members (excludes halogenated alkanes) is 11. The number of carbonyl (C=O) groups excluding carboxylic acids is 1. The first kappa shape index (κ1) is 36.5. The number of esters is 1. The lowest BCUT2D eigenvalue weighted by atomic mass is 10.1. The number of rotatable bonds is 26. The van der Waals surface area contributed by atoms with E-state index in [2.05, 4.69) is 13.8 Å². The number of quaternary nitrogens is 1. The predicted molar refractivity (Wildman–Crippen MR) is 147 cm³/mol. The fourth-order valence-corrected chi connectivity index (χ4v) is 4.39. The lowest BCUT2D eigenvalue weighted by Gasteiger charge is -2.25. The number of aliphatic hydroxyl groups excluding tert-OH is 1. The summed E-state index contributed by atoms with van der Waals surface area (Å²) in [6.07, 6.45) is 13.1. The molecule has 0 aromatic rings. The van der Waals surface area contributed by atoms with E-state index in [1.807, 2.05) is 21.1 Å².